The number of aryl methyl sites for hydroxylation is 2. The lowest BCUT2D eigenvalue weighted by molar-refractivity contribution is -0.107. The lowest BCUT2D eigenvalue weighted by Crippen LogP contribution is -2.07. The standard InChI is InChI=1S/C17H20O2S/c1-12-7-5-9-14(11-12)20-15-10-6-8-13(2)16(15)17(18-3)19-4/h5-11,17H,1-4H3. The maximum Gasteiger partial charge on any atom is 0.184 e. The molecule has 0 radical (unpaired) electrons. The van der Waals surface area contributed by atoms with Crippen LogP contribution in [0.25, 0.3) is 0 Å². The summed E-state index contributed by atoms with van der Waals surface area (Å²) in [5.74, 6) is 0. The van der Waals surface area contributed by atoms with Gasteiger partial charge in [-0.2, -0.15) is 0 Å². The van der Waals surface area contributed by atoms with Gasteiger partial charge in [-0.1, -0.05) is 41.6 Å². The van der Waals surface area contributed by atoms with E-state index in [1.54, 1.807) is 26.0 Å². The summed E-state index contributed by atoms with van der Waals surface area (Å²) in [6.07, 6.45) is -0.330. The second-order valence-corrected chi connectivity index (χ2v) is 5.82. The number of rotatable bonds is 5. The van der Waals surface area contributed by atoms with E-state index >= 15 is 0 Å². The van der Waals surface area contributed by atoms with E-state index in [2.05, 4.69) is 56.3 Å². The molecule has 2 nitrogen and oxygen atoms in total. The molecular formula is C17H20O2S. The van der Waals surface area contributed by atoms with E-state index in [1.807, 2.05) is 0 Å². The Hall–Kier alpha value is -1.29. The van der Waals surface area contributed by atoms with Crippen LogP contribution in [0.4, 0.5) is 0 Å². The Balaban J connectivity index is 2.39. The Kier molecular flexibility index (Phi) is 5.24. The Labute approximate surface area is 125 Å². The molecule has 2 aromatic carbocycles. The van der Waals surface area contributed by atoms with Crippen LogP contribution in [-0.4, -0.2) is 14.2 Å². The van der Waals surface area contributed by atoms with Gasteiger partial charge < -0.3 is 9.47 Å². The largest absolute Gasteiger partial charge is 0.352 e. The monoisotopic (exact) mass is 288 g/mol. The van der Waals surface area contributed by atoms with Crippen molar-refractivity contribution in [3.8, 4) is 0 Å². The predicted molar refractivity (Wildman–Crippen MR) is 83.2 cm³/mol. The first-order valence-electron chi connectivity index (χ1n) is 6.55. The molecule has 0 fully saturated rings. The molecule has 0 N–H and O–H groups in total. The summed E-state index contributed by atoms with van der Waals surface area (Å²) >= 11 is 1.74. The fraction of sp³-hybridized carbons (Fsp3) is 0.294. The molecule has 2 rings (SSSR count). The van der Waals surface area contributed by atoms with E-state index in [4.69, 9.17) is 9.47 Å². The van der Waals surface area contributed by atoms with Crippen molar-refractivity contribution in [1.29, 1.82) is 0 Å². The first-order valence-corrected chi connectivity index (χ1v) is 7.37. The molecule has 0 aliphatic rings. The van der Waals surface area contributed by atoms with Crippen LogP contribution < -0.4 is 0 Å². The molecule has 0 unspecified atom stereocenters. The van der Waals surface area contributed by atoms with E-state index in [1.165, 1.54) is 20.9 Å². The van der Waals surface area contributed by atoms with E-state index < -0.39 is 0 Å². The van der Waals surface area contributed by atoms with Gasteiger partial charge in [-0.15, -0.1) is 0 Å². The quantitative estimate of drug-likeness (QED) is 0.740. The first-order chi connectivity index (χ1) is 9.65. The number of benzene rings is 2. The highest BCUT2D eigenvalue weighted by molar-refractivity contribution is 7.99. The van der Waals surface area contributed by atoms with Gasteiger partial charge >= 0.3 is 0 Å². The number of ether oxygens (including phenoxy) is 2. The Bertz CT molecular complexity index is 577. The van der Waals surface area contributed by atoms with Crippen molar-refractivity contribution in [2.45, 2.75) is 29.9 Å². The van der Waals surface area contributed by atoms with Crippen LogP contribution in [0, 0.1) is 13.8 Å². The minimum Gasteiger partial charge on any atom is -0.352 e. The van der Waals surface area contributed by atoms with Crippen LogP contribution in [0.5, 0.6) is 0 Å². The summed E-state index contributed by atoms with van der Waals surface area (Å²) in [6, 6.07) is 14.8. The molecular weight excluding hydrogens is 268 g/mol. The molecule has 0 aromatic heterocycles. The summed E-state index contributed by atoms with van der Waals surface area (Å²) in [6.45, 7) is 4.19. The number of methoxy groups -OCH3 is 2. The smallest absolute Gasteiger partial charge is 0.184 e. The second kappa shape index (κ2) is 6.93. The topological polar surface area (TPSA) is 18.5 Å². The van der Waals surface area contributed by atoms with Crippen LogP contribution in [-0.2, 0) is 9.47 Å². The Morgan fingerprint density at radius 3 is 2.30 bits per heavy atom. The summed E-state index contributed by atoms with van der Waals surface area (Å²) in [5.41, 5.74) is 3.54. The molecule has 0 saturated heterocycles. The Morgan fingerprint density at radius 2 is 1.65 bits per heavy atom. The van der Waals surface area contributed by atoms with Gasteiger partial charge in [0.15, 0.2) is 6.29 Å². The predicted octanol–water partition coefficient (Wildman–Crippen LogP) is 4.75. The van der Waals surface area contributed by atoms with Crippen molar-refractivity contribution in [3.63, 3.8) is 0 Å². The average Bonchev–Trinajstić information content (AvgIpc) is 2.43. The van der Waals surface area contributed by atoms with Crippen LogP contribution >= 0.6 is 11.8 Å². The first kappa shape index (κ1) is 15.1. The molecule has 106 valence electrons. The fourth-order valence-electron chi connectivity index (χ4n) is 2.18. The van der Waals surface area contributed by atoms with Crippen molar-refractivity contribution in [1.82, 2.24) is 0 Å². The van der Waals surface area contributed by atoms with Gasteiger partial charge in [-0.05, 0) is 37.6 Å². The van der Waals surface area contributed by atoms with Gasteiger partial charge in [0.05, 0.1) is 0 Å². The van der Waals surface area contributed by atoms with Gasteiger partial charge in [0.25, 0.3) is 0 Å². The Morgan fingerprint density at radius 1 is 0.950 bits per heavy atom. The maximum absolute atomic E-state index is 5.43. The third-order valence-corrected chi connectivity index (χ3v) is 4.23. The van der Waals surface area contributed by atoms with E-state index in [0.717, 1.165) is 5.56 Å². The van der Waals surface area contributed by atoms with Crippen molar-refractivity contribution >= 4 is 11.8 Å². The summed E-state index contributed by atoms with van der Waals surface area (Å²) < 4.78 is 10.9. The van der Waals surface area contributed by atoms with Crippen LogP contribution in [0.2, 0.25) is 0 Å². The zero-order valence-corrected chi connectivity index (χ0v) is 13.2. The zero-order chi connectivity index (χ0) is 14.5. The van der Waals surface area contributed by atoms with Crippen LogP contribution in [0.3, 0.4) is 0 Å². The average molecular weight is 288 g/mol. The van der Waals surface area contributed by atoms with E-state index in [0.29, 0.717) is 0 Å². The molecule has 0 spiro atoms. The molecule has 0 bridgehead atoms. The molecule has 0 aliphatic heterocycles. The lowest BCUT2D eigenvalue weighted by Gasteiger charge is -2.19. The highest BCUT2D eigenvalue weighted by Gasteiger charge is 2.17. The summed E-state index contributed by atoms with van der Waals surface area (Å²) in [4.78, 5) is 2.40. The van der Waals surface area contributed by atoms with Crippen molar-refractivity contribution in [2.75, 3.05) is 14.2 Å². The third kappa shape index (κ3) is 3.42. The van der Waals surface area contributed by atoms with Crippen LogP contribution in [0.1, 0.15) is 23.0 Å². The van der Waals surface area contributed by atoms with E-state index in [9.17, 15) is 0 Å². The van der Waals surface area contributed by atoms with Crippen molar-refractivity contribution in [2.24, 2.45) is 0 Å². The molecule has 3 heteroatoms. The van der Waals surface area contributed by atoms with E-state index in [-0.39, 0.29) is 6.29 Å². The normalized spacial score (nSPS) is 11.1. The molecule has 0 atom stereocenters. The lowest BCUT2D eigenvalue weighted by atomic mass is 10.1. The maximum atomic E-state index is 5.43. The highest BCUT2D eigenvalue weighted by Crippen LogP contribution is 2.36. The SMILES string of the molecule is COC(OC)c1c(C)cccc1Sc1cccc(C)c1. The number of hydrogen-bond donors (Lipinski definition) is 0. The zero-order valence-electron chi connectivity index (χ0n) is 12.3. The van der Waals surface area contributed by atoms with Crippen molar-refractivity contribution < 1.29 is 9.47 Å². The van der Waals surface area contributed by atoms with Gasteiger partial charge in [0.1, 0.15) is 0 Å². The second-order valence-electron chi connectivity index (χ2n) is 4.71. The summed E-state index contributed by atoms with van der Waals surface area (Å²) in [7, 11) is 3.34. The van der Waals surface area contributed by atoms with Gasteiger partial charge in [0.2, 0.25) is 0 Å². The molecule has 20 heavy (non-hydrogen) atoms. The molecule has 0 aliphatic carbocycles. The molecule has 0 heterocycles. The molecule has 0 amide bonds. The van der Waals surface area contributed by atoms with Gasteiger partial charge in [0, 0.05) is 29.6 Å². The van der Waals surface area contributed by atoms with Gasteiger partial charge in [-0.3, -0.25) is 0 Å². The summed E-state index contributed by atoms with van der Waals surface area (Å²) in [5, 5.41) is 0. The molecule has 2 aromatic rings. The highest BCUT2D eigenvalue weighted by atomic mass is 32.2. The fourth-order valence-corrected chi connectivity index (χ4v) is 3.34. The van der Waals surface area contributed by atoms with Crippen LogP contribution in [0.15, 0.2) is 52.3 Å². The van der Waals surface area contributed by atoms with Gasteiger partial charge in [-0.25, -0.2) is 0 Å². The minimum atomic E-state index is -0.330. The number of hydrogen-bond acceptors (Lipinski definition) is 3. The minimum absolute atomic E-state index is 0.330. The molecule has 0 saturated carbocycles. The van der Waals surface area contributed by atoms with Crippen molar-refractivity contribution in [3.05, 3.63) is 59.2 Å². The third-order valence-electron chi connectivity index (χ3n) is 3.17.